The van der Waals surface area contributed by atoms with Crippen LogP contribution in [0.25, 0.3) is 0 Å². The molecule has 350 valence electrons. The third kappa shape index (κ3) is 8.51. The van der Waals surface area contributed by atoms with Crippen LogP contribution < -0.4 is 0 Å². The summed E-state index contributed by atoms with van der Waals surface area (Å²) in [4.78, 5) is 26.8. The number of carbonyl (C=O) groups is 2. The van der Waals surface area contributed by atoms with Gasteiger partial charge in [-0.2, -0.15) is 0 Å². The summed E-state index contributed by atoms with van der Waals surface area (Å²) in [6, 6.07) is 0. The van der Waals surface area contributed by atoms with Gasteiger partial charge in [0.25, 0.3) is 0 Å². The lowest BCUT2D eigenvalue weighted by Crippen LogP contribution is -2.54. The lowest BCUT2D eigenvalue weighted by Gasteiger charge is -2.60. The summed E-state index contributed by atoms with van der Waals surface area (Å²) in [6.07, 6.45) is 31.9. The molecule has 1 unspecified atom stereocenters. The van der Waals surface area contributed by atoms with E-state index >= 15 is 0 Å². The molecule has 0 bridgehead atoms. The van der Waals surface area contributed by atoms with E-state index in [-0.39, 0.29) is 40.9 Å². The second-order valence-corrected chi connectivity index (χ2v) is 25.9. The predicted octanol–water partition coefficient (Wildman–Crippen LogP) is 15.5. The average molecular weight is 855 g/mol. The maximum Gasteiger partial charge on any atom is 0.306 e. The van der Waals surface area contributed by atoms with E-state index in [2.05, 4.69) is 81.4 Å². The Morgan fingerprint density at radius 2 is 1.15 bits per heavy atom. The van der Waals surface area contributed by atoms with Gasteiger partial charge in [-0.05, 0) is 182 Å². The lowest BCUT2D eigenvalue weighted by molar-refractivity contribution is -0.159. The van der Waals surface area contributed by atoms with Crippen molar-refractivity contribution in [3.05, 3.63) is 23.3 Å². The van der Waals surface area contributed by atoms with Gasteiger partial charge in [0.05, 0.1) is 0 Å². The Morgan fingerprint density at radius 3 is 1.71 bits per heavy atom. The highest BCUT2D eigenvalue weighted by molar-refractivity contribution is 5.70. The van der Waals surface area contributed by atoms with Crippen molar-refractivity contribution in [2.75, 3.05) is 0 Å². The van der Waals surface area contributed by atoms with Crippen LogP contribution >= 0.6 is 0 Å². The second kappa shape index (κ2) is 18.2. The van der Waals surface area contributed by atoms with Gasteiger partial charge in [0.15, 0.2) is 0 Å². The maximum atomic E-state index is 14.4. The third-order valence-corrected chi connectivity index (χ3v) is 21.9. The number of fused-ring (bicyclic) bond motifs is 10. The first-order valence-electron chi connectivity index (χ1n) is 27.1. The van der Waals surface area contributed by atoms with Crippen molar-refractivity contribution in [3.63, 3.8) is 0 Å². The number of carbonyl (C=O) groups excluding carboxylic acids is 2. The Bertz CT molecular complexity index is 1670. The zero-order chi connectivity index (χ0) is 44.4. The van der Waals surface area contributed by atoms with E-state index in [9.17, 15) is 9.59 Å². The molecule has 6 fully saturated rings. The molecule has 6 saturated carbocycles. The van der Waals surface area contributed by atoms with Gasteiger partial charge in [-0.15, -0.1) is 0 Å². The molecule has 8 rings (SSSR count). The molecule has 0 spiro atoms. The number of hydrogen-bond acceptors (Lipinski definition) is 4. The summed E-state index contributed by atoms with van der Waals surface area (Å²) in [5, 5.41) is 0. The molecular formula is C58H94O4. The van der Waals surface area contributed by atoms with E-state index in [0.717, 1.165) is 97.7 Å². The minimum absolute atomic E-state index is 0.00573. The smallest absolute Gasteiger partial charge is 0.306 e. The van der Waals surface area contributed by atoms with E-state index in [1.807, 2.05) is 0 Å². The molecule has 0 aromatic carbocycles. The number of esters is 2. The van der Waals surface area contributed by atoms with Gasteiger partial charge in [-0.25, -0.2) is 0 Å². The molecule has 0 saturated heterocycles. The molecule has 4 nitrogen and oxygen atoms in total. The first-order valence-corrected chi connectivity index (χ1v) is 27.1. The van der Waals surface area contributed by atoms with Gasteiger partial charge in [-0.1, -0.05) is 131 Å². The van der Waals surface area contributed by atoms with Crippen molar-refractivity contribution < 1.29 is 19.1 Å². The predicted molar refractivity (Wildman–Crippen MR) is 255 cm³/mol. The molecule has 17 atom stereocenters. The van der Waals surface area contributed by atoms with Crippen LogP contribution in [0.15, 0.2) is 23.3 Å². The van der Waals surface area contributed by atoms with Gasteiger partial charge >= 0.3 is 11.9 Å². The average Bonchev–Trinajstić information content (AvgIpc) is 3.75. The van der Waals surface area contributed by atoms with E-state index in [1.54, 1.807) is 12.5 Å². The zero-order valence-electron chi connectivity index (χ0n) is 42.0. The number of ether oxygens (including phenoxy) is 2. The van der Waals surface area contributed by atoms with Crippen molar-refractivity contribution in [2.45, 2.75) is 230 Å². The van der Waals surface area contributed by atoms with Gasteiger partial charge in [0.2, 0.25) is 0 Å². The Morgan fingerprint density at radius 1 is 0.613 bits per heavy atom. The van der Waals surface area contributed by atoms with Crippen LogP contribution in [0.5, 0.6) is 0 Å². The molecule has 0 heterocycles. The van der Waals surface area contributed by atoms with Crippen LogP contribution in [0.3, 0.4) is 0 Å². The van der Waals surface area contributed by atoms with Crippen molar-refractivity contribution in [1.82, 2.24) is 0 Å². The second-order valence-electron chi connectivity index (χ2n) is 25.9. The van der Waals surface area contributed by atoms with Crippen LogP contribution in [0.1, 0.15) is 217 Å². The zero-order valence-corrected chi connectivity index (χ0v) is 42.0. The molecule has 0 aromatic heterocycles. The van der Waals surface area contributed by atoms with Crippen molar-refractivity contribution in [2.24, 2.45) is 98.6 Å². The van der Waals surface area contributed by atoms with Crippen LogP contribution in [0, 0.1) is 98.6 Å². The SMILES string of the molecule is CC(=O)O[C@@H]1CC2=CC[C@H]3[C@@H]4CC[C@H]([C@H](C)CCCC(C)C)[C@@]4(C)CC[C@@H]3[C@@]2(C)C(CC(=O)O[C@H]2CC[C@@]3(C)C(=CC[C@H]4[C@@H]5CC[C@H]([C@H](C)CCCC(C)C)[C@@]5(C)CC[C@@H]43)C2)C1. The van der Waals surface area contributed by atoms with Gasteiger partial charge < -0.3 is 9.47 Å². The summed E-state index contributed by atoms with van der Waals surface area (Å²) >= 11 is 0. The highest BCUT2D eigenvalue weighted by Gasteiger charge is 2.62. The van der Waals surface area contributed by atoms with Crippen molar-refractivity contribution in [1.29, 1.82) is 0 Å². The van der Waals surface area contributed by atoms with Gasteiger partial charge in [0, 0.05) is 26.2 Å². The summed E-state index contributed by atoms with van der Waals surface area (Å²) in [7, 11) is 0. The topological polar surface area (TPSA) is 52.6 Å². The van der Waals surface area contributed by atoms with Crippen LogP contribution in [-0.4, -0.2) is 24.1 Å². The Balaban J connectivity index is 0.929. The third-order valence-electron chi connectivity index (χ3n) is 21.9. The fourth-order valence-electron chi connectivity index (χ4n) is 18.7. The number of allylic oxidation sites excluding steroid dienone is 2. The molecule has 4 heteroatoms. The quantitative estimate of drug-likeness (QED) is 0.129. The summed E-state index contributed by atoms with van der Waals surface area (Å²) in [5.41, 5.74) is 4.22. The standard InChI is InChI=1S/C58H94O4/c1-36(2)14-12-16-38(5)48-22-24-50-46-20-18-41-32-44(26-29-55(41,8)52(46)27-30-56(48,50)9)62-54(60)35-43-34-45(61-40(7)59)33-42-19-21-47-51-25-23-49(39(6)17-13-15-37(3)4)57(51,10)31-28-53(47)58(42,43)11/h18-19,36-39,43-53H,12-17,20-35H2,1-11H3/t38-,39-,43?,44+,45-,46+,47+,48-,49-,50+,51+,52+,53+,55+,56-,57-,58-/m1/s1. The fraction of sp³-hybridized carbons (Fsp3) is 0.897. The Kier molecular flexibility index (Phi) is 13.8. The highest BCUT2D eigenvalue weighted by atomic mass is 16.5. The fourth-order valence-corrected chi connectivity index (χ4v) is 18.7. The lowest BCUT2D eigenvalue weighted by atomic mass is 9.44. The van der Waals surface area contributed by atoms with E-state index in [1.165, 1.54) is 102 Å². The highest BCUT2D eigenvalue weighted by Crippen LogP contribution is 2.70. The number of rotatable bonds is 14. The summed E-state index contributed by atoms with van der Waals surface area (Å²) < 4.78 is 12.6. The van der Waals surface area contributed by atoms with Crippen LogP contribution in [0.2, 0.25) is 0 Å². The molecule has 8 aliphatic carbocycles. The largest absolute Gasteiger partial charge is 0.462 e. The molecule has 8 aliphatic rings. The van der Waals surface area contributed by atoms with E-state index < -0.39 is 0 Å². The molecule has 0 aromatic rings. The summed E-state index contributed by atoms with van der Waals surface area (Å²) in [6.45, 7) is 26.7. The molecule has 0 amide bonds. The van der Waals surface area contributed by atoms with Crippen LogP contribution in [0.4, 0.5) is 0 Å². The minimum Gasteiger partial charge on any atom is -0.462 e. The van der Waals surface area contributed by atoms with Crippen molar-refractivity contribution >= 4 is 11.9 Å². The van der Waals surface area contributed by atoms with Gasteiger partial charge in [-0.3, -0.25) is 9.59 Å². The van der Waals surface area contributed by atoms with Crippen molar-refractivity contribution in [3.8, 4) is 0 Å². The Labute approximate surface area is 381 Å². The minimum atomic E-state index is -0.197. The van der Waals surface area contributed by atoms with Crippen LogP contribution in [-0.2, 0) is 19.1 Å². The van der Waals surface area contributed by atoms with E-state index in [0.29, 0.717) is 29.1 Å². The van der Waals surface area contributed by atoms with Gasteiger partial charge in [0.1, 0.15) is 12.2 Å². The molecule has 0 radical (unpaired) electrons. The molecule has 62 heavy (non-hydrogen) atoms. The molecule has 0 aliphatic heterocycles. The first kappa shape index (κ1) is 46.9. The Hall–Kier alpha value is -1.58. The number of hydrogen-bond donors (Lipinski definition) is 0. The normalized spacial score (nSPS) is 44.4. The summed E-state index contributed by atoms with van der Waals surface area (Å²) in [5.74, 6) is 9.41. The van der Waals surface area contributed by atoms with E-state index in [4.69, 9.17) is 9.47 Å². The monoisotopic (exact) mass is 855 g/mol. The molecule has 0 N–H and O–H groups in total. The first-order chi connectivity index (χ1) is 29.4. The maximum absolute atomic E-state index is 14.4. The molecular weight excluding hydrogens is 761 g/mol.